The molecule has 0 fully saturated rings. The highest BCUT2D eigenvalue weighted by molar-refractivity contribution is 7.92. The Morgan fingerprint density at radius 1 is 1.00 bits per heavy atom. The monoisotopic (exact) mass is 513 g/mol. The molecule has 0 saturated carbocycles. The fraction of sp³-hybridized carbons (Fsp3) is 0.200. The maximum atomic E-state index is 13.5. The highest BCUT2D eigenvalue weighted by Gasteiger charge is 2.28. The van der Waals surface area contributed by atoms with E-state index in [1.54, 1.807) is 55.5 Å². The third kappa shape index (κ3) is 6.05. The molecule has 0 saturated heterocycles. The van der Waals surface area contributed by atoms with Crippen molar-refractivity contribution >= 4 is 27.8 Å². The van der Waals surface area contributed by atoms with Gasteiger partial charge in [0.25, 0.3) is 15.9 Å². The molecule has 0 unspecified atom stereocenters. The zero-order chi connectivity index (χ0) is 26.1. The Hall–Kier alpha value is -4.25. The van der Waals surface area contributed by atoms with Crippen LogP contribution >= 0.6 is 0 Å². The van der Waals surface area contributed by atoms with Crippen molar-refractivity contribution in [2.75, 3.05) is 31.7 Å². The number of anilines is 1. The first-order valence-electron chi connectivity index (χ1n) is 10.9. The number of rotatable bonds is 11. The SMILES string of the molecule is CCOc1cccc(/C=N\NC(=O)CN(c2ccccc2)S(=O)(=O)c2ccc(OC)c(OC)c2)c1O. The van der Waals surface area contributed by atoms with Crippen molar-refractivity contribution in [1.29, 1.82) is 0 Å². The van der Waals surface area contributed by atoms with Crippen LogP contribution in [-0.2, 0) is 14.8 Å². The summed E-state index contributed by atoms with van der Waals surface area (Å²) in [5.41, 5.74) is 2.91. The van der Waals surface area contributed by atoms with Crippen molar-refractivity contribution in [3.63, 3.8) is 0 Å². The van der Waals surface area contributed by atoms with Gasteiger partial charge in [0.2, 0.25) is 0 Å². The van der Waals surface area contributed by atoms with Gasteiger partial charge in [-0.15, -0.1) is 0 Å². The second kappa shape index (κ2) is 11.9. The van der Waals surface area contributed by atoms with Gasteiger partial charge in [0.15, 0.2) is 23.0 Å². The highest BCUT2D eigenvalue weighted by atomic mass is 32.2. The second-order valence-electron chi connectivity index (χ2n) is 7.28. The zero-order valence-corrected chi connectivity index (χ0v) is 20.9. The summed E-state index contributed by atoms with van der Waals surface area (Å²) in [5.74, 6) is 0.0594. The van der Waals surface area contributed by atoms with Crippen LogP contribution in [0.25, 0.3) is 0 Å². The summed E-state index contributed by atoms with van der Waals surface area (Å²) < 4.78 is 43.8. The third-order valence-electron chi connectivity index (χ3n) is 5.00. The topological polar surface area (TPSA) is 127 Å². The van der Waals surface area contributed by atoms with Crippen LogP contribution in [0, 0.1) is 0 Å². The molecule has 0 aromatic heterocycles. The average molecular weight is 514 g/mol. The lowest BCUT2D eigenvalue weighted by atomic mass is 10.2. The number of hydrogen-bond donors (Lipinski definition) is 2. The van der Waals surface area contributed by atoms with E-state index in [-0.39, 0.29) is 27.8 Å². The van der Waals surface area contributed by atoms with Gasteiger partial charge in [-0.25, -0.2) is 13.8 Å². The predicted molar refractivity (Wildman–Crippen MR) is 136 cm³/mol. The molecule has 0 heterocycles. The quantitative estimate of drug-likeness (QED) is 0.298. The molecule has 0 aliphatic rings. The van der Waals surface area contributed by atoms with E-state index >= 15 is 0 Å². The second-order valence-corrected chi connectivity index (χ2v) is 9.15. The Bertz CT molecular complexity index is 1330. The van der Waals surface area contributed by atoms with Gasteiger partial charge in [0, 0.05) is 11.6 Å². The van der Waals surface area contributed by atoms with E-state index < -0.39 is 22.5 Å². The van der Waals surface area contributed by atoms with Crippen LogP contribution in [0.4, 0.5) is 5.69 Å². The molecule has 3 aromatic rings. The molecule has 10 nitrogen and oxygen atoms in total. The minimum absolute atomic E-state index is 0.0852. The Morgan fingerprint density at radius 2 is 1.72 bits per heavy atom. The normalized spacial score (nSPS) is 11.2. The molecule has 1 amide bonds. The van der Waals surface area contributed by atoms with E-state index in [0.717, 1.165) is 4.31 Å². The Labute approximate surface area is 209 Å². The van der Waals surface area contributed by atoms with Crippen molar-refractivity contribution < 1.29 is 32.5 Å². The average Bonchev–Trinajstić information content (AvgIpc) is 2.89. The van der Waals surface area contributed by atoms with Gasteiger partial charge in [-0.3, -0.25) is 9.10 Å². The number of aromatic hydroxyl groups is 1. The lowest BCUT2D eigenvalue weighted by molar-refractivity contribution is -0.119. The number of carbonyl (C=O) groups excluding carboxylic acids is 1. The molecule has 0 aliphatic carbocycles. The molecule has 0 bridgehead atoms. The number of carbonyl (C=O) groups is 1. The van der Waals surface area contributed by atoms with Crippen LogP contribution in [0.3, 0.4) is 0 Å². The summed E-state index contributed by atoms with van der Waals surface area (Å²) in [6.07, 6.45) is 1.24. The maximum Gasteiger partial charge on any atom is 0.264 e. The number of nitrogens with one attached hydrogen (secondary N) is 1. The van der Waals surface area contributed by atoms with E-state index in [1.807, 2.05) is 0 Å². The van der Waals surface area contributed by atoms with Crippen LogP contribution in [0.1, 0.15) is 12.5 Å². The first-order valence-corrected chi connectivity index (χ1v) is 12.3. The molecule has 3 aromatic carbocycles. The molecule has 0 spiro atoms. The molecule has 0 radical (unpaired) electrons. The van der Waals surface area contributed by atoms with Gasteiger partial charge >= 0.3 is 0 Å². The summed E-state index contributed by atoms with van der Waals surface area (Å²) in [6.45, 7) is 1.60. The molecule has 190 valence electrons. The van der Waals surface area contributed by atoms with E-state index in [4.69, 9.17) is 14.2 Å². The fourth-order valence-electron chi connectivity index (χ4n) is 3.27. The number of para-hydroxylation sites is 2. The van der Waals surface area contributed by atoms with Crippen LogP contribution in [0.5, 0.6) is 23.0 Å². The van der Waals surface area contributed by atoms with Gasteiger partial charge in [-0.05, 0) is 43.3 Å². The van der Waals surface area contributed by atoms with Crippen LogP contribution < -0.4 is 23.9 Å². The lowest BCUT2D eigenvalue weighted by Crippen LogP contribution is -2.39. The Balaban J connectivity index is 1.85. The number of amides is 1. The number of hydrogen-bond acceptors (Lipinski definition) is 8. The van der Waals surface area contributed by atoms with Gasteiger partial charge in [-0.2, -0.15) is 5.10 Å². The largest absolute Gasteiger partial charge is 0.504 e. The van der Waals surface area contributed by atoms with Crippen LogP contribution in [-0.4, -0.2) is 53.0 Å². The zero-order valence-electron chi connectivity index (χ0n) is 20.0. The van der Waals surface area contributed by atoms with Crippen molar-refractivity contribution in [3.8, 4) is 23.0 Å². The summed E-state index contributed by atoms with van der Waals surface area (Å²) in [7, 11) is -1.33. The van der Waals surface area contributed by atoms with E-state index in [0.29, 0.717) is 17.9 Å². The smallest absolute Gasteiger partial charge is 0.264 e. The van der Waals surface area contributed by atoms with Crippen molar-refractivity contribution in [1.82, 2.24) is 5.43 Å². The third-order valence-corrected chi connectivity index (χ3v) is 6.77. The first kappa shape index (κ1) is 26.4. The highest BCUT2D eigenvalue weighted by Crippen LogP contribution is 2.32. The van der Waals surface area contributed by atoms with Gasteiger partial charge in [0.1, 0.15) is 6.54 Å². The van der Waals surface area contributed by atoms with E-state index in [9.17, 15) is 18.3 Å². The number of nitrogens with zero attached hydrogens (tertiary/aromatic N) is 2. The van der Waals surface area contributed by atoms with Gasteiger partial charge in [-0.1, -0.05) is 24.3 Å². The van der Waals surface area contributed by atoms with Crippen LogP contribution in [0.15, 0.2) is 76.7 Å². The number of hydrazone groups is 1. The summed E-state index contributed by atoms with van der Waals surface area (Å²) >= 11 is 0. The van der Waals surface area contributed by atoms with Gasteiger partial charge in [0.05, 0.1) is 37.6 Å². The summed E-state index contributed by atoms with van der Waals surface area (Å²) in [5, 5.41) is 14.1. The van der Waals surface area contributed by atoms with Gasteiger partial charge < -0.3 is 19.3 Å². The number of methoxy groups -OCH3 is 2. The number of phenolic OH excluding ortho intramolecular Hbond substituents is 1. The Morgan fingerprint density at radius 3 is 2.39 bits per heavy atom. The molecule has 3 rings (SSSR count). The number of benzene rings is 3. The number of ether oxygens (including phenoxy) is 3. The van der Waals surface area contributed by atoms with E-state index in [1.165, 1.54) is 38.6 Å². The minimum Gasteiger partial charge on any atom is -0.504 e. The number of sulfonamides is 1. The summed E-state index contributed by atoms with van der Waals surface area (Å²) in [4.78, 5) is 12.6. The van der Waals surface area contributed by atoms with Crippen molar-refractivity contribution in [2.24, 2.45) is 5.10 Å². The molecular weight excluding hydrogens is 486 g/mol. The number of phenols is 1. The molecule has 36 heavy (non-hydrogen) atoms. The molecule has 0 aliphatic heterocycles. The lowest BCUT2D eigenvalue weighted by Gasteiger charge is -2.24. The summed E-state index contributed by atoms with van der Waals surface area (Å²) in [6, 6.07) is 17.2. The van der Waals surface area contributed by atoms with E-state index in [2.05, 4.69) is 10.5 Å². The fourth-order valence-corrected chi connectivity index (χ4v) is 4.71. The molecule has 0 atom stereocenters. The van der Waals surface area contributed by atoms with Crippen LogP contribution in [0.2, 0.25) is 0 Å². The predicted octanol–water partition coefficient (Wildman–Crippen LogP) is 3.15. The molecular formula is C25H27N3O7S. The molecule has 2 N–H and O–H groups in total. The Kier molecular flexibility index (Phi) is 8.74. The standard InChI is InChI=1S/C25H27N3O7S/c1-4-35-22-12-8-9-18(25(22)30)16-26-27-24(29)17-28(19-10-6-5-7-11-19)36(31,32)20-13-14-21(33-2)23(15-20)34-3/h5-16,30H,4,17H2,1-3H3,(H,27,29)/b26-16-. The van der Waals surface area contributed by atoms with Crippen molar-refractivity contribution in [3.05, 3.63) is 72.3 Å². The molecule has 11 heteroatoms. The maximum absolute atomic E-state index is 13.5. The first-order chi connectivity index (χ1) is 17.3. The minimum atomic E-state index is -4.17. The van der Waals surface area contributed by atoms with Crippen molar-refractivity contribution in [2.45, 2.75) is 11.8 Å².